The Labute approximate surface area is 112 Å². The molecule has 0 bridgehead atoms. The van der Waals surface area contributed by atoms with E-state index in [0.29, 0.717) is 13.2 Å². The number of benzene rings is 1. The third-order valence-corrected chi connectivity index (χ3v) is 3.40. The highest BCUT2D eigenvalue weighted by atomic mass is 16.5. The Morgan fingerprint density at radius 1 is 1.37 bits per heavy atom. The molecule has 102 valence electrons. The zero-order chi connectivity index (χ0) is 13.1. The van der Waals surface area contributed by atoms with Gasteiger partial charge >= 0.3 is 0 Å². The molecule has 1 atom stereocenters. The van der Waals surface area contributed by atoms with Gasteiger partial charge in [-0.15, -0.1) is 0 Å². The van der Waals surface area contributed by atoms with E-state index in [9.17, 15) is 4.79 Å². The number of fused-ring (bicyclic) bond motifs is 1. The third-order valence-electron chi connectivity index (χ3n) is 3.40. The highest BCUT2D eigenvalue weighted by molar-refractivity contribution is 5.94. The van der Waals surface area contributed by atoms with Gasteiger partial charge < -0.3 is 20.1 Å². The number of carbonyl (C=O) groups excluding carboxylic acids is 1. The van der Waals surface area contributed by atoms with E-state index in [-0.39, 0.29) is 12.0 Å². The van der Waals surface area contributed by atoms with E-state index < -0.39 is 0 Å². The number of amides is 1. The summed E-state index contributed by atoms with van der Waals surface area (Å²) >= 11 is 0. The third kappa shape index (κ3) is 2.88. The van der Waals surface area contributed by atoms with E-state index in [2.05, 4.69) is 10.6 Å². The minimum Gasteiger partial charge on any atom is -0.492 e. The number of ether oxygens (including phenoxy) is 2. The fourth-order valence-electron chi connectivity index (χ4n) is 2.40. The summed E-state index contributed by atoms with van der Waals surface area (Å²) in [6.45, 7) is 2.96. The fourth-order valence-corrected chi connectivity index (χ4v) is 2.40. The van der Waals surface area contributed by atoms with Crippen molar-refractivity contribution in [3.05, 3.63) is 23.8 Å². The van der Waals surface area contributed by atoms with Gasteiger partial charge in [-0.25, -0.2) is 0 Å². The van der Waals surface area contributed by atoms with Crippen LogP contribution in [0.15, 0.2) is 18.2 Å². The van der Waals surface area contributed by atoms with Crippen molar-refractivity contribution in [3.63, 3.8) is 0 Å². The Morgan fingerprint density at radius 3 is 3.16 bits per heavy atom. The monoisotopic (exact) mass is 262 g/mol. The summed E-state index contributed by atoms with van der Waals surface area (Å²) in [6, 6.07) is 5.74. The first kappa shape index (κ1) is 12.4. The van der Waals surface area contributed by atoms with Crippen LogP contribution < -0.4 is 15.4 Å². The van der Waals surface area contributed by atoms with E-state index in [1.54, 1.807) is 0 Å². The number of hydrogen-bond acceptors (Lipinski definition) is 4. The molecule has 5 nitrogen and oxygen atoms in total. The summed E-state index contributed by atoms with van der Waals surface area (Å²) in [5, 5.41) is 6.18. The van der Waals surface area contributed by atoms with Crippen molar-refractivity contribution in [2.45, 2.75) is 25.5 Å². The van der Waals surface area contributed by atoms with Crippen LogP contribution in [0.2, 0.25) is 0 Å². The van der Waals surface area contributed by atoms with Gasteiger partial charge in [-0.2, -0.15) is 0 Å². The van der Waals surface area contributed by atoms with E-state index in [1.165, 1.54) is 0 Å². The van der Waals surface area contributed by atoms with E-state index in [4.69, 9.17) is 9.47 Å². The molecule has 1 amide bonds. The Kier molecular flexibility index (Phi) is 3.66. The van der Waals surface area contributed by atoms with Gasteiger partial charge in [-0.05, 0) is 31.0 Å². The summed E-state index contributed by atoms with van der Waals surface area (Å²) in [5.74, 6) is 0.833. The van der Waals surface area contributed by atoms with Crippen molar-refractivity contribution in [2.75, 3.05) is 25.1 Å². The second-order valence-electron chi connectivity index (χ2n) is 4.84. The molecule has 0 aromatic heterocycles. The molecule has 2 heterocycles. The van der Waals surface area contributed by atoms with Gasteiger partial charge in [-0.3, -0.25) is 4.79 Å². The normalized spacial score (nSPS) is 22.2. The molecule has 0 aliphatic carbocycles. The lowest BCUT2D eigenvalue weighted by molar-refractivity contribution is -0.124. The highest BCUT2D eigenvalue weighted by Gasteiger charge is 2.23. The lowest BCUT2D eigenvalue weighted by Crippen LogP contribution is -2.26. The molecule has 2 N–H and O–H groups in total. The molecule has 0 unspecified atom stereocenters. The summed E-state index contributed by atoms with van der Waals surface area (Å²) in [4.78, 5) is 12.0. The fraction of sp³-hybridized carbons (Fsp3) is 0.500. The molecule has 1 aromatic carbocycles. The molecule has 1 aromatic rings. The second-order valence-corrected chi connectivity index (χ2v) is 4.84. The van der Waals surface area contributed by atoms with Crippen LogP contribution >= 0.6 is 0 Å². The minimum atomic E-state index is -0.298. The first-order valence-electron chi connectivity index (χ1n) is 6.72. The van der Waals surface area contributed by atoms with Crippen molar-refractivity contribution in [1.82, 2.24) is 5.32 Å². The van der Waals surface area contributed by atoms with E-state index in [0.717, 1.165) is 42.9 Å². The second kappa shape index (κ2) is 5.59. The Balaban J connectivity index is 1.71. The highest BCUT2D eigenvalue weighted by Crippen LogP contribution is 2.24. The van der Waals surface area contributed by atoms with Crippen LogP contribution in [0.1, 0.15) is 18.4 Å². The van der Waals surface area contributed by atoms with Crippen LogP contribution in [-0.4, -0.2) is 31.8 Å². The zero-order valence-corrected chi connectivity index (χ0v) is 10.8. The minimum absolute atomic E-state index is 0.0556. The van der Waals surface area contributed by atoms with E-state index >= 15 is 0 Å². The summed E-state index contributed by atoms with van der Waals surface area (Å²) < 4.78 is 11.0. The maximum atomic E-state index is 12.0. The molecule has 3 rings (SSSR count). The Hall–Kier alpha value is -1.59. The standard InChI is InChI=1S/C14H18N2O3/c17-14(13-2-1-6-18-13)16-11-3-4-12-10(8-11)9-15-5-7-19-12/h3-4,8,13,15H,1-2,5-7,9H2,(H,16,17)/t13-/m1/s1. The molecular weight excluding hydrogens is 244 g/mol. The van der Waals surface area contributed by atoms with Crippen molar-refractivity contribution in [3.8, 4) is 5.75 Å². The van der Waals surface area contributed by atoms with Gasteiger partial charge in [0.2, 0.25) is 0 Å². The van der Waals surface area contributed by atoms with Crippen LogP contribution in [-0.2, 0) is 16.1 Å². The Bertz CT molecular complexity index is 470. The zero-order valence-electron chi connectivity index (χ0n) is 10.8. The molecule has 0 saturated carbocycles. The van der Waals surface area contributed by atoms with Crippen molar-refractivity contribution in [1.29, 1.82) is 0 Å². The van der Waals surface area contributed by atoms with Crippen LogP contribution in [0.5, 0.6) is 5.75 Å². The number of hydrogen-bond donors (Lipinski definition) is 2. The van der Waals surface area contributed by atoms with Crippen molar-refractivity contribution >= 4 is 11.6 Å². The number of nitrogens with one attached hydrogen (secondary N) is 2. The van der Waals surface area contributed by atoms with Crippen molar-refractivity contribution < 1.29 is 14.3 Å². The first-order chi connectivity index (χ1) is 9.33. The van der Waals surface area contributed by atoms with Crippen molar-refractivity contribution in [2.24, 2.45) is 0 Å². The number of carbonyl (C=O) groups is 1. The molecule has 0 radical (unpaired) electrons. The molecule has 2 aliphatic rings. The van der Waals surface area contributed by atoms with Gasteiger partial charge in [0.1, 0.15) is 18.5 Å². The topological polar surface area (TPSA) is 59.6 Å². The predicted molar refractivity (Wildman–Crippen MR) is 71.2 cm³/mol. The average molecular weight is 262 g/mol. The largest absolute Gasteiger partial charge is 0.492 e. The van der Waals surface area contributed by atoms with Gasteiger partial charge in [0, 0.05) is 30.9 Å². The SMILES string of the molecule is O=C(Nc1ccc2c(c1)CNCCO2)[C@H]1CCCO1. The van der Waals surface area contributed by atoms with Crippen LogP contribution in [0.3, 0.4) is 0 Å². The summed E-state index contributed by atoms with van der Waals surface area (Å²) in [6.07, 6.45) is 1.47. The molecule has 19 heavy (non-hydrogen) atoms. The molecule has 2 aliphatic heterocycles. The van der Waals surface area contributed by atoms with Gasteiger partial charge in [0.05, 0.1) is 0 Å². The van der Waals surface area contributed by atoms with Crippen LogP contribution in [0, 0.1) is 0 Å². The maximum absolute atomic E-state index is 12.0. The predicted octanol–water partition coefficient (Wildman–Crippen LogP) is 1.29. The Morgan fingerprint density at radius 2 is 2.32 bits per heavy atom. The molecule has 1 fully saturated rings. The van der Waals surface area contributed by atoms with Crippen LogP contribution in [0.25, 0.3) is 0 Å². The first-order valence-corrected chi connectivity index (χ1v) is 6.72. The smallest absolute Gasteiger partial charge is 0.253 e. The lowest BCUT2D eigenvalue weighted by Gasteiger charge is -2.12. The summed E-state index contributed by atoms with van der Waals surface area (Å²) in [5.41, 5.74) is 1.87. The average Bonchev–Trinajstić information content (AvgIpc) is 2.85. The van der Waals surface area contributed by atoms with Crippen LogP contribution in [0.4, 0.5) is 5.69 Å². The van der Waals surface area contributed by atoms with E-state index in [1.807, 2.05) is 18.2 Å². The number of rotatable bonds is 2. The maximum Gasteiger partial charge on any atom is 0.253 e. The quantitative estimate of drug-likeness (QED) is 0.843. The van der Waals surface area contributed by atoms with Gasteiger partial charge in [0.25, 0.3) is 5.91 Å². The summed E-state index contributed by atoms with van der Waals surface area (Å²) in [7, 11) is 0. The molecule has 1 saturated heterocycles. The number of anilines is 1. The molecular formula is C14H18N2O3. The van der Waals surface area contributed by atoms with Gasteiger partial charge in [-0.1, -0.05) is 0 Å². The molecule has 5 heteroatoms. The van der Waals surface area contributed by atoms with Gasteiger partial charge in [0.15, 0.2) is 0 Å². The molecule has 0 spiro atoms. The lowest BCUT2D eigenvalue weighted by atomic mass is 10.1.